The molecule has 1 amide bonds. The van der Waals surface area contributed by atoms with Gasteiger partial charge in [-0.05, 0) is 46.6 Å². The zero-order valence-electron chi connectivity index (χ0n) is 10.7. The Morgan fingerprint density at radius 2 is 2.10 bits per heavy atom. The lowest BCUT2D eigenvalue weighted by molar-refractivity contribution is 0.0938. The molecule has 3 rings (SSSR count). The van der Waals surface area contributed by atoms with Gasteiger partial charge in [-0.1, -0.05) is 6.07 Å². The Morgan fingerprint density at radius 1 is 1.30 bits per heavy atom. The van der Waals surface area contributed by atoms with Gasteiger partial charge < -0.3 is 19.2 Å². The Hall–Kier alpha value is -1.95. The van der Waals surface area contributed by atoms with E-state index in [9.17, 15) is 4.79 Å². The lowest BCUT2D eigenvalue weighted by Gasteiger charge is -2.14. The van der Waals surface area contributed by atoms with Crippen molar-refractivity contribution in [3.05, 3.63) is 46.3 Å². The van der Waals surface area contributed by atoms with Crippen LogP contribution in [0.3, 0.4) is 0 Å². The minimum atomic E-state index is -0.198. The maximum Gasteiger partial charge on any atom is 0.256 e. The molecule has 5 nitrogen and oxygen atoms in total. The van der Waals surface area contributed by atoms with Gasteiger partial charge >= 0.3 is 0 Å². The monoisotopic (exact) mass is 337 g/mol. The van der Waals surface area contributed by atoms with E-state index in [1.165, 1.54) is 6.26 Å². The van der Waals surface area contributed by atoms with Gasteiger partial charge in [0.1, 0.15) is 0 Å². The predicted octanol–water partition coefficient (Wildman–Crippen LogP) is 3.26. The molecule has 1 aliphatic rings. The smallest absolute Gasteiger partial charge is 0.256 e. The third-order valence-corrected chi connectivity index (χ3v) is 3.72. The van der Waals surface area contributed by atoms with Gasteiger partial charge in [0.05, 0.1) is 17.9 Å². The van der Waals surface area contributed by atoms with Crippen molar-refractivity contribution in [1.29, 1.82) is 0 Å². The molecule has 0 radical (unpaired) electrons. The highest BCUT2D eigenvalue weighted by molar-refractivity contribution is 9.10. The molecule has 1 atom stereocenters. The van der Waals surface area contributed by atoms with Crippen molar-refractivity contribution in [2.45, 2.75) is 13.0 Å². The molecule has 104 valence electrons. The fourth-order valence-corrected chi connectivity index (χ4v) is 2.42. The molecule has 20 heavy (non-hydrogen) atoms. The van der Waals surface area contributed by atoms with Crippen LogP contribution in [0.4, 0.5) is 0 Å². The van der Waals surface area contributed by atoms with Crippen LogP contribution in [0.1, 0.15) is 28.9 Å². The summed E-state index contributed by atoms with van der Waals surface area (Å²) < 4.78 is 16.1. The topological polar surface area (TPSA) is 60.7 Å². The molecule has 0 aliphatic carbocycles. The van der Waals surface area contributed by atoms with Crippen molar-refractivity contribution in [3.8, 4) is 11.5 Å². The summed E-state index contributed by atoms with van der Waals surface area (Å²) in [4.78, 5) is 12.1. The van der Waals surface area contributed by atoms with Crippen molar-refractivity contribution in [2.24, 2.45) is 0 Å². The van der Waals surface area contributed by atoms with Crippen molar-refractivity contribution in [2.75, 3.05) is 6.79 Å². The first kappa shape index (κ1) is 13.1. The van der Waals surface area contributed by atoms with Crippen LogP contribution in [0.15, 0.2) is 39.6 Å². The Morgan fingerprint density at radius 3 is 2.85 bits per heavy atom. The van der Waals surface area contributed by atoms with Gasteiger partial charge in [-0.3, -0.25) is 4.79 Å². The number of ether oxygens (including phenoxy) is 2. The van der Waals surface area contributed by atoms with Crippen LogP contribution in [0.25, 0.3) is 0 Å². The highest BCUT2D eigenvalue weighted by atomic mass is 79.9. The number of nitrogens with one attached hydrogen (secondary N) is 1. The molecule has 1 aliphatic heterocycles. The first-order valence-corrected chi connectivity index (χ1v) is 6.88. The molecule has 2 aromatic rings. The van der Waals surface area contributed by atoms with E-state index < -0.39 is 0 Å². The van der Waals surface area contributed by atoms with Crippen LogP contribution < -0.4 is 14.8 Å². The number of carbonyl (C=O) groups is 1. The van der Waals surface area contributed by atoms with E-state index in [0.29, 0.717) is 16.0 Å². The fourth-order valence-electron chi connectivity index (χ4n) is 2.00. The summed E-state index contributed by atoms with van der Waals surface area (Å²) in [7, 11) is 0. The molecule has 0 saturated carbocycles. The number of amides is 1. The van der Waals surface area contributed by atoms with Gasteiger partial charge in [0.2, 0.25) is 6.79 Å². The zero-order chi connectivity index (χ0) is 14.1. The quantitative estimate of drug-likeness (QED) is 0.933. The van der Waals surface area contributed by atoms with Gasteiger partial charge in [-0.15, -0.1) is 0 Å². The maximum absolute atomic E-state index is 12.1. The Labute approximate surface area is 124 Å². The number of carbonyl (C=O) groups excluding carboxylic acids is 1. The van der Waals surface area contributed by atoms with Gasteiger partial charge in [0.15, 0.2) is 16.2 Å². The van der Waals surface area contributed by atoms with Crippen LogP contribution in [0.5, 0.6) is 11.5 Å². The van der Waals surface area contributed by atoms with Crippen molar-refractivity contribution in [1.82, 2.24) is 5.32 Å². The normalized spacial score (nSPS) is 14.1. The largest absolute Gasteiger partial charge is 0.457 e. The molecule has 2 heterocycles. The molecule has 1 aromatic heterocycles. The van der Waals surface area contributed by atoms with Gasteiger partial charge in [-0.2, -0.15) is 0 Å². The van der Waals surface area contributed by atoms with E-state index in [1.54, 1.807) is 6.07 Å². The average molecular weight is 338 g/mol. The maximum atomic E-state index is 12.1. The molecule has 0 bridgehead atoms. The summed E-state index contributed by atoms with van der Waals surface area (Å²) in [5.74, 6) is 1.23. The highest BCUT2D eigenvalue weighted by Gasteiger charge is 2.19. The van der Waals surface area contributed by atoms with Crippen molar-refractivity contribution in [3.63, 3.8) is 0 Å². The van der Waals surface area contributed by atoms with E-state index in [1.807, 2.05) is 25.1 Å². The minimum absolute atomic E-state index is 0.154. The van der Waals surface area contributed by atoms with Gasteiger partial charge in [0, 0.05) is 0 Å². The lowest BCUT2D eigenvalue weighted by Crippen LogP contribution is -2.26. The summed E-state index contributed by atoms with van der Waals surface area (Å²) in [6.45, 7) is 2.14. The number of fused-ring (bicyclic) bond motifs is 1. The third-order valence-electron chi connectivity index (χ3n) is 3.11. The van der Waals surface area contributed by atoms with Gasteiger partial charge in [0.25, 0.3) is 5.91 Å². The summed E-state index contributed by atoms with van der Waals surface area (Å²) in [5, 5.41) is 2.91. The van der Waals surface area contributed by atoms with E-state index in [2.05, 4.69) is 21.2 Å². The molecule has 1 N–H and O–H groups in total. The predicted molar refractivity (Wildman–Crippen MR) is 74.9 cm³/mol. The second-order valence-electron chi connectivity index (χ2n) is 4.42. The Kier molecular flexibility index (Phi) is 3.40. The Bertz CT molecular complexity index is 652. The zero-order valence-corrected chi connectivity index (χ0v) is 12.3. The van der Waals surface area contributed by atoms with Crippen molar-refractivity contribution >= 4 is 21.8 Å². The van der Waals surface area contributed by atoms with Crippen LogP contribution in [-0.4, -0.2) is 12.7 Å². The molecular weight excluding hydrogens is 326 g/mol. The number of benzene rings is 1. The van der Waals surface area contributed by atoms with E-state index in [0.717, 1.165) is 11.3 Å². The minimum Gasteiger partial charge on any atom is -0.457 e. The van der Waals surface area contributed by atoms with Gasteiger partial charge in [-0.25, -0.2) is 0 Å². The number of hydrogen-bond acceptors (Lipinski definition) is 4. The summed E-state index contributed by atoms with van der Waals surface area (Å²) in [6.07, 6.45) is 1.46. The molecule has 1 aromatic carbocycles. The Balaban J connectivity index is 1.75. The van der Waals surface area contributed by atoms with E-state index in [4.69, 9.17) is 13.9 Å². The fraction of sp³-hybridized carbons (Fsp3) is 0.214. The van der Waals surface area contributed by atoms with Crippen LogP contribution in [0, 0.1) is 0 Å². The first-order chi connectivity index (χ1) is 9.65. The van der Waals surface area contributed by atoms with Crippen LogP contribution >= 0.6 is 15.9 Å². The molecule has 0 saturated heterocycles. The van der Waals surface area contributed by atoms with E-state index >= 15 is 0 Å². The molecule has 6 heteroatoms. The molecule has 0 fully saturated rings. The number of halogens is 1. The van der Waals surface area contributed by atoms with Crippen molar-refractivity contribution < 1.29 is 18.7 Å². The molecule has 1 unspecified atom stereocenters. The van der Waals surface area contributed by atoms with Crippen LogP contribution in [0.2, 0.25) is 0 Å². The average Bonchev–Trinajstić information content (AvgIpc) is 3.05. The summed E-state index contributed by atoms with van der Waals surface area (Å²) in [5.41, 5.74) is 1.42. The second-order valence-corrected chi connectivity index (χ2v) is 5.14. The second kappa shape index (κ2) is 5.20. The van der Waals surface area contributed by atoms with Crippen LogP contribution in [-0.2, 0) is 0 Å². The molecular formula is C14H12BrNO4. The number of hydrogen-bond donors (Lipinski definition) is 1. The highest BCUT2D eigenvalue weighted by Crippen LogP contribution is 2.34. The SMILES string of the molecule is CC(NC(=O)c1ccoc1Br)c1ccc2c(c1)OCO2. The lowest BCUT2D eigenvalue weighted by atomic mass is 10.1. The molecule has 0 spiro atoms. The summed E-state index contributed by atoms with van der Waals surface area (Å²) in [6, 6.07) is 7.08. The summed E-state index contributed by atoms with van der Waals surface area (Å²) >= 11 is 3.19. The van der Waals surface area contributed by atoms with E-state index in [-0.39, 0.29) is 18.7 Å². The third kappa shape index (κ3) is 2.38. The number of furan rings is 1. The number of rotatable bonds is 3. The first-order valence-electron chi connectivity index (χ1n) is 6.08. The standard InChI is InChI=1S/C14H12BrNO4/c1-8(16-14(17)10-4-5-18-13(10)15)9-2-3-11-12(6-9)20-7-19-11/h2-6,8H,7H2,1H3,(H,16,17).